The van der Waals surface area contributed by atoms with E-state index in [0.717, 1.165) is 16.9 Å². The molecule has 0 aliphatic carbocycles. The van der Waals surface area contributed by atoms with Crippen LogP contribution in [0.15, 0.2) is 12.4 Å². The van der Waals surface area contributed by atoms with Crippen molar-refractivity contribution < 1.29 is 12.9 Å². The van der Waals surface area contributed by atoms with Crippen molar-refractivity contribution in [2.75, 3.05) is 0 Å². The van der Waals surface area contributed by atoms with Gasteiger partial charge in [-0.15, -0.1) is 0 Å². The highest BCUT2D eigenvalue weighted by Gasteiger charge is 2.27. The fourth-order valence-corrected chi connectivity index (χ4v) is 1.36. The van der Waals surface area contributed by atoms with Crippen LogP contribution in [0.5, 0.6) is 0 Å². The first-order valence-electron chi connectivity index (χ1n) is 4.38. The van der Waals surface area contributed by atoms with Crippen LogP contribution in [0.3, 0.4) is 0 Å². The predicted molar refractivity (Wildman–Crippen MR) is 51.2 cm³/mol. The van der Waals surface area contributed by atoms with Gasteiger partial charge in [0.05, 0.1) is 5.69 Å². The number of hydrogen-bond donors (Lipinski definition) is 0. The molecule has 0 aromatic carbocycles. The maximum atomic E-state index is 12.4. The summed E-state index contributed by atoms with van der Waals surface area (Å²) >= 11 is 0. The van der Waals surface area contributed by atoms with Crippen molar-refractivity contribution >= 4 is 18.1 Å². The van der Waals surface area contributed by atoms with Crippen LogP contribution in [0, 0.1) is 18.3 Å². The Kier molecular flexibility index (Phi) is 2.12. The molecule has 0 aliphatic heterocycles. The standard InChI is InChI=1S/C8H5BF3N4/c1-5-7(2-13)8-14-3-6(9(10,11)12)4-16(8)15-5/h3-4H,1H3/q-1. The fraction of sp³-hybridized carbons (Fsp3) is 0.125. The molecule has 2 aromatic rings. The highest BCUT2D eigenvalue weighted by atomic mass is 19.4. The molecular weight excluding hydrogens is 220 g/mol. The zero-order valence-electron chi connectivity index (χ0n) is 8.15. The Hall–Kier alpha value is -2.04. The third-order valence-electron chi connectivity index (χ3n) is 2.16. The Labute approximate surface area is 88.4 Å². The number of rotatable bonds is 1. The fourth-order valence-electron chi connectivity index (χ4n) is 1.36. The molecule has 0 aliphatic rings. The Bertz CT molecular complexity index is 596. The van der Waals surface area contributed by atoms with Crippen LogP contribution in [-0.4, -0.2) is 21.6 Å². The average molecular weight is 225 g/mol. The third-order valence-corrected chi connectivity index (χ3v) is 2.16. The zero-order valence-corrected chi connectivity index (χ0v) is 8.15. The lowest BCUT2D eigenvalue weighted by molar-refractivity contribution is 0.500. The van der Waals surface area contributed by atoms with Crippen LogP contribution in [-0.2, 0) is 0 Å². The molecule has 82 valence electrons. The smallest absolute Gasteiger partial charge is 0.445 e. The maximum Gasteiger partial charge on any atom is 0.512 e. The second kappa shape index (κ2) is 3.23. The monoisotopic (exact) mass is 225 g/mol. The van der Waals surface area contributed by atoms with Crippen molar-refractivity contribution in [1.29, 1.82) is 5.26 Å². The molecular formula is C8H5BF3N4-. The molecule has 0 saturated heterocycles. The van der Waals surface area contributed by atoms with Gasteiger partial charge in [0.15, 0.2) is 5.65 Å². The zero-order chi connectivity index (χ0) is 11.9. The highest BCUT2D eigenvalue weighted by molar-refractivity contribution is 6.73. The van der Waals surface area contributed by atoms with Crippen LogP contribution in [0.1, 0.15) is 11.3 Å². The molecule has 0 N–H and O–H groups in total. The van der Waals surface area contributed by atoms with Gasteiger partial charge in [0.1, 0.15) is 11.6 Å². The molecule has 8 heteroatoms. The van der Waals surface area contributed by atoms with E-state index < -0.39 is 12.4 Å². The first-order chi connectivity index (χ1) is 7.43. The number of nitrogens with zero attached hydrogens (tertiary/aromatic N) is 4. The summed E-state index contributed by atoms with van der Waals surface area (Å²) < 4.78 is 38.2. The van der Waals surface area contributed by atoms with Crippen molar-refractivity contribution in [3.8, 4) is 6.07 Å². The molecule has 2 rings (SSSR count). The van der Waals surface area contributed by atoms with Gasteiger partial charge in [0, 0.05) is 12.4 Å². The van der Waals surface area contributed by atoms with Gasteiger partial charge in [0.2, 0.25) is 0 Å². The van der Waals surface area contributed by atoms with Gasteiger partial charge in [-0.25, -0.2) is 9.50 Å². The van der Waals surface area contributed by atoms with Gasteiger partial charge in [-0.2, -0.15) is 10.4 Å². The summed E-state index contributed by atoms with van der Waals surface area (Å²) in [5.41, 5.74) is -0.133. The summed E-state index contributed by atoms with van der Waals surface area (Å²) in [5, 5.41) is 12.6. The summed E-state index contributed by atoms with van der Waals surface area (Å²) in [6.45, 7) is -3.55. The second-order valence-corrected chi connectivity index (χ2v) is 3.30. The topological polar surface area (TPSA) is 54.0 Å². The Morgan fingerprint density at radius 2 is 2.12 bits per heavy atom. The molecule has 16 heavy (non-hydrogen) atoms. The van der Waals surface area contributed by atoms with Crippen molar-refractivity contribution in [1.82, 2.24) is 14.6 Å². The number of fused-ring (bicyclic) bond motifs is 1. The van der Waals surface area contributed by atoms with E-state index >= 15 is 0 Å². The third kappa shape index (κ3) is 1.50. The molecule has 2 heterocycles. The van der Waals surface area contributed by atoms with Crippen LogP contribution in [0.2, 0.25) is 0 Å². The first kappa shape index (κ1) is 10.5. The molecule has 0 fully saturated rings. The van der Waals surface area contributed by atoms with Gasteiger partial charge in [0.25, 0.3) is 0 Å². The van der Waals surface area contributed by atoms with Crippen LogP contribution in [0.25, 0.3) is 5.65 Å². The van der Waals surface area contributed by atoms with E-state index in [0.29, 0.717) is 5.69 Å². The van der Waals surface area contributed by atoms with Gasteiger partial charge in [-0.05, 0) is 6.92 Å². The van der Waals surface area contributed by atoms with Crippen molar-refractivity contribution in [2.24, 2.45) is 0 Å². The minimum absolute atomic E-state index is 0.142. The molecule has 0 spiro atoms. The first-order valence-corrected chi connectivity index (χ1v) is 4.38. The van der Waals surface area contributed by atoms with Crippen LogP contribution < -0.4 is 5.46 Å². The second-order valence-electron chi connectivity index (χ2n) is 3.30. The van der Waals surface area contributed by atoms with Crippen molar-refractivity contribution in [3.63, 3.8) is 0 Å². The summed E-state index contributed by atoms with van der Waals surface area (Å²) in [4.78, 5) is 3.61. The molecule has 2 aromatic heterocycles. The predicted octanol–water partition coefficient (Wildman–Crippen LogP) is 0.964. The maximum absolute atomic E-state index is 12.4. The number of hydrogen-bond acceptors (Lipinski definition) is 3. The summed E-state index contributed by atoms with van der Waals surface area (Å²) in [6.07, 6.45) is 1.56. The Morgan fingerprint density at radius 1 is 1.44 bits per heavy atom. The molecule has 0 saturated carbocycles. The van der Waals surface area contributed by atoms with E-state index in [1.165, 1.54) is 0 Å². The van der Waals surface area contributed by atoms with E-state index in [4.69, 9.17) is 5.26 Å². The highest BCUT2D eigenvalue weighted by Crippen LogP contribution is 2.13. The molecule has 0 amide bonds. The summed E-state index contributed by atoms with van der Waals surface area (Å²) in [5.74, 6) is 0. The minimum atomic E-state index is -5.10. The van der Waals surface area contributed by atoms with Crippen molar-refractivity contribution in [2.45, 2.75) is 6.92 Å². The van der Waals surface area contributed by atoms with Crippen molar-refractivity contribution in [3.05, 3.63) is 23.7 Å². The lowest BCUT2D eigenvalue weighted by Gasteiger charge is -2.13. The molecule has 0 radical (unpaired) electrons. The number of halogens is 3. The molecule has 4 nitrogen and oxygen atoms in total. The van der Waals surface area contributed by atoms with Gasteiger partial charge >= 0.3 is 6.98 Å². The SMILES string of the molecule is Cc1nn2cc([B-](F)(F)F)cnc2c1C#N. The van der Waals surface area contributed by atoms with E-state index in [1.807, 2.05) is 6.07 Å². The van der Waals surface area contributed by atoms with E-state index in [1.54, 1.807) is 6.92 Å². The summed E-state index contributed by atoms with van der Waals surface area (Å²) in [7, 11) is 0. The van der Waals surface area contributed by atoms with E-state index in [2.05, 4.69) is 10.1 Å². The number of nitriles is 1. The largest absolute Gasteiger partial charge is 0.512 e. The summed E-state index contributed by atoms with van der Waals surface area (Å²) in [6, 6.07) is 1.85. The van der Waals surface area contributed by atoms with Gasteiger partial charge in [-0.3, -0.25) is 0 Å². The molecule has 0 bridgehead atoms. The number of aryl methyl sites for hydroxylation is 1. The normalized spacial score (nSPS) is 11.7. The van der Waals surface area contributed by atoms with Crippen LogP contribution >= 0.6 is 0 Å². The molecule has 0 atom stereocenters. The number of aromatic nitrogens is 3. The van der Waals surface area contributed by atoms with E-state index in [-0.39, 0.29) is 11.2 Å². The van der Waals surface area contributed by atoms with Gasteiger partial charge in [-0.1, -0.05) is 5.46 Å². The lowest BCUT2D eigenvalue weighted by atomic mass is 9.83. The quantitative estimate of drug-likeness (QED) is 0.679. The average Bonchev–Trinajstić information content (AvgIpc) is 2.50. The Balaban J connectivity index is 2.71. The van der Waals surface area contributed by atoms with Gasteiger partial charge < -0.3 is 12.9 Å². The molecule has 0 unspecified atom stereocenters. The van der Waals surface area contributed by atoms with Crippen LogP contribution in [0.4, 0.5) is 12.9 Å². The Morgan fingerprint density at radius 3 is 2.69 bits per heavy atom. The minimum Gasteiger partial charge on any atom is -0.445 e. The lowest BCUT2D eigenvalue weighted by Crippen LogP contribution is -2.35. The van der Waals surface area contributed by atoms with E-state index in [9.17, 15) is 12.9 Å².